The molecule has 1 saturated carbocycles. The lowest BCUT2D eigenvalue weighted by atomic mass is 9.85. The topological polar surface area (TPSA) is 38.9 Å². The standard InChI is InChI=1S/C24H24N2O/c1-16-7-9-20-21-15-19(8-10-23(21)27-24(20)26-16)22-14-18(11-12-25-22)13-17-5-3-2-4-6-17/h7-12,14-15,17H,2-6,13H2,1H3/i1D3,13D2. The highest BCUT2D eigenvalue weighted by Crippen LogP contribution is 2.32. The van der Waals surface area contributed by atoms with Crippen LogP contribution in [0.25, 0.3) is 33.3 Å². The molecule has 3 heterocycles. The molecule has 1 fully saturated rings. The predicted octanol–water partition coefficient (Wildman–Crippen LogP) is 6.47. The lowest BCUT2D eigenvalue weighted by Crippen LogP contribution is -2.09. The SMILES string of the molecule is [2H]C([2H])([2H])c1ccc2c(n1)oc1ccc(-c3cc(C([2H])([2H])C4CCCCC4)ccn3)cc12. The summed E-state index contributed by atoms with van der Waals surface area (Å²) in [5.74, 6) is 0.0327. The molecule has 3 heteroatoms. The molecule has 4 aromatic rings. The zero-order valence-corrected chi connectivity index (χ0v) is 15.0. The number of furan rings is 1. The first-order valence-corrected chi connectivity index (χ1v) is 9.54. The highest BCUT2D eigenvalue weighted by Gasteiger charge is 2.15. The Balaban J connectivity index is 1.55. The minimum Gasteiger partial charge on any atom is -0.438 e. The van der Waals surface area contributed by atoms with Gasteiger partial charge in [-0.2, -0.15) is 0 Å². The highest BCUT2D eigenvalue weighted by atomic mass is 16.3. The molecule has 3 nitrogen and oxygen atoms in total. The van der Waals surface area contributed by atoms with E-state index in [1.54, 1.807) is 18.3 Å². The molecular weight excluding hydrogens is 332 g/mol. The summed E-state index contributed by atoms with van der Waals surface area (Å²) >= 11 is 0. The largest absolute Gasteiger partial charge is 0.438 e. The number of hydrogen-bond donors (Lipinski definition) is 0. The summed E-state index contributed by atoms with van der Waals surface area (Å²) in [6.07, 6.45) is 5.49. The molecule has 5 rings (SSSR count). The zero-order chi connectivity index (χ0) is 22.5. The fourth-order valence-electron chi connectivity index (χ4n) is 3.98. The third kappa shape index (κ3) is 3.23. The molecule has 1 aromatic carbocycles. The number of rotatable bonds is 3. The maximum Gasteiger partial charge on any atom is 0.227 e. The van der Waals surface area contributed by atoms with E-state index in [9.17, 15) is 0 Å². The summed E-state index contributed by atoms with van der Waals surface area (Å²) in [4.78, 5) is 8.69. The van der Waals surface area contributed by atoms with Crippen molar-refractivity contribution in [3.05, 3.63) is 59.9 Å². The van der Waals surface area contributed by atoms with Gasteiger partial charge in [0.25, 0.3) is 0 Å². The van der Waals surface area contributed by atoms with Crippen LogP contribution in [-0.4, -0.2) is 9.97 Å². The van der Waals surface area contributed by atoms with Crippen molar-refractivity contribution in [3.63, 3.8) is 0 Å². The van der Waals surface area contributed by atoms with Crippen LogP contribution in [0.2, 0.25) is 0 Å². The van der Waals surface area contributed by atoms with Gasteiger partial charge in [0.1, 0.15) is 5.58 Å². The molecule has 0 radical (unpaired) electrons. The molecule has 27 heavy (non-hydrogen) atoms. The number of hydrogen-bond acceptors (Lipinski definition) is 3. The van der Waals surface area contributed by atoms with E-state index in [1.807, 2.05) is 24.3 Å². The van der Waals surface area contributed by atoms with Crippen LogP contribution < -0.4 is 0 Å². The maximum atomic E-state index is 8.78. The number of aryl methyl sites for hydroxylation is 1. The van der Waals surface area contributed by atoms with E-state index in [0.717, 1.165) is 42.0 Å². The fraction of sp³-hybridized carbons (Fsp3) is 0.333. The summed E-state index contributed by atoms with van der Waals surface area (Å²) in [5, 5.41) is 1.56. The average Bonchev–Trinajstić information content (AvgIpc) is 3.16. The van der Waals surface area contributed by atoms with E-state index in [2.05, 4.69) is 9.97 Å². The monoisotopic (exact) mass is 361 g/mol. The van der Waals surface area contributed by atoms with Crippen LogP contribution in [0, 0.1) is 12.8 Å². The molecule has 0 spiro atoms. The Hall–Kier alpha value is -2.68. The van der Waals surface area contributed by atoms with Gasteiger partial charge in [-0.25, -0.2) is 4.98 Å². The number of benzene rings is 1. The van der Waals surface area contributed by atoms with Crippen LogP contribution in [0.3, 0.4) is 0 Å². The van der Waals surface area contributed by atoms with Crippen LogP contribution in [-0.2, 0) is 6.37 Å². The van der Waals surface area contributed by atoms with E-state index in [1.165, 1.54) is 12.5 Å². The van der Waals surface area contributed by atoms with Crippen molar-refractivity contribution in [1.29, 1.82) is 0 Å². The maximum absolute atomic E-state index is 8.78. The number of aromatic nitrogens is 2. The number of fused-ring (bicyclic) bond motifs is 3. The van der Waals surface area contributed by atoms with Crippen molar-refractivity contribution in [3.8, 4) is 11.3 Å². The van der Waals surface area contributed by atoms with Gasteiger partial charge < -0.3 is 4.42 Å². The molecule has 0 N–H and O–H groups in total. The Morgan fingerprint density at radius 3 is 2.89 bits per heavy atom. The Morgan fingerprint density at radius 1 is 1.07 bits per heavy atom. The first kappa shape index (κ1) is 11.9. The average molecular weight is 361 g/mol. The molecule has 0 saturated heterocycles. The Morgan fingerprint density at radius 2 is 2.00 bits per heavy atom. The lowest BCUT2D eigenvalue weighted by molar-refractivity contribution is 0.356. The van der Waals surface area contributed by atoms with Crippen molar-refractivity contribution in [2.24, 2.45) is 5.92 Å². The Bertz CT molecular complexity index is 1290. The van der Waals surface area contributed by atoms with Crippen LogP contribution in [0.15, 0.2) is 53.1 Å². The first-order chi connectivity index (χ1) is 15.2. The smallest absolute Gasteiger partial charge is 0.227 e. The van der Waals surface area contributed by atoms with E-state index in [0.29, 0.717) is 22.6 Å². The minimum atomic E-state index is -2.29. The number of nitrogens with zero attached hydrogens (tertiary/aromatic N) is 2. The van der Waals surface area contributed by atoms with E-state index in [4.69, 9.17) is 11.3 Å². The molecule has 0 bridgehead atoms. The molecule has 0 unspecified atom stereocenters. The van der Waals surface area contributed by atoms with Crippen LogP contribution in [0.1, 0.15) is 50.2 Å². The van der Waals surface area contributed by atoms with Crippen LogP contribution in [0.5, 0.6) is 0 Å². The number of pyridine rings is 2. The molecule has 0 amide bonds. The van der Waals surface area contributed by atoms with E-state index < -0.39 is 13.2 Å². The van der Waals surface area contributed by atoms with Crippen molar-refractivity contribution in [1.82, 2.24) is 9.97 Å². The highest BCUT2D eigenvalue weighted by molar-refractivity contribution is 6.04. The summed E-state index contributed by atoms with van der Waals surface area (Å²) in [6.45, 7) is -2.29. The van der Waals surface area contributed by atoms with Gasteiger partial charge in [-0.05, 0) is 67.2 Å². The van der Waals surface area contributed by atoms with Gasteiger partial charge in [-0.3, -0.25) is 4.98 Å². The third-order valence-electron chi connectivity index (χ3n) is 5.37. The van der Waals surface area contributed by atoms with Gasteiger partial charge in [-0.15, -0.1) is 0 Å². The normalized spacial score (nSPS) is 19.3. The minimum absolute atomic E-state index is 0.00333. The summed E-state index contributed by atoms with van der Waals surface area (Å²) in [5.41, 5.74) is 3.12. The van der Waals surface area contributed by atoms with Crippen molar-refractivity contribution in [2.75, 3.05) is 0 Å². The molecule has 1 aliphatic carbocycles. The molecule has 1 aliphatic rings. The van der Waals surface area contributed by atoms with Crippen LogP contribution >= 0.6 is 0 Å². The van der Waals surface area contributed by atoms with E-state index in [-0.39, 0.29) is 11.6 Å². The Kier molecular flexibility index (Phi) is 3.00. The van der Waals surface area contributed by atoms with E-state index >= 15 is 0 Å². The first-order valence-electron chi connectivity index (χ1n) is 12.0. The molecular formula is C24H24N2O. The third-order valence-corrected chi connectivity index (χ3v) is 5.37. The van der Waals surface area contributed by atoms with Gasteiger partial charge in [0.15, 0.2) is 0 Å². The molecule has 136 valence electrons. The Labute approximate surface area is 166 Å². The summed E-state index contributed by atoms with van der Waals surface area (Å²) in [6, 6.07) is 12.5. The van der Waals surface area contributed by atoms with Gasteiger partial charge >= 0.3 is 0 Å². The lowest BCUT2D eigenvalue weighted by Gasteiger charge is -2.21. The molecule has 0 atom stereocenters. The second-order valence-electron chi connectivity index (χ2n) is 7.27. The van der Waals surface area contributed by atoms with Gasteiger partial charge in [-0.1, -0.05) is 32.1 Å². The van der Waals surface area contributed by atoms with Crippen molar-refractivity contribution >= 4 is 22.1 Å². The fourth-order valence-corrected chi connectivity index (χ4v) is 3.98. The second-order valence-corrected chi connectivity index (χ2v) is 7.27. The van der Waals surface area contributed by atoms with Gasteiger partial charge in [0.05, 0.1) is 5.69 Å². The summed E-state index contributed by atoms with van der Waals surface area (Å²) in [7, 11) is 0. The molecule has 3 aromatic heterocycles. The second kappa shape index (κ2) is 6.80. The quantitative estimate of drug-likeness (QED) is 0.419. The zero-order valence-electron chi connectivity index (χ0n) is 20.0. The molecule has 0 aliphatic heterocycles. The van der Waals surface area contributed by atoms with Crippen LogP contribution in [0.4, 0.5) is 0 Å². The van der Waals surface area contributed by atoms with Crippen molar-refractivity contribution in [2.45, 2.75) is 45.3 Å². The predicted molar refractivity (Wildman–Crippen MR) is 110 cm³/mol. The van der Waals surface area contributed by atoms with Crippen molar-refractivity contribution < 1.29 is 11.3 Å². The van der Waals surface area contributed by atoms with Gasteiger partial charge in [0, 0.05) is 35.1 Å². The van der Waals surface area contributed by atoms with Gasteiger partial charge in [0.2, 0.25) is 5.71 Å². The summed E-state index contributed by atoms with van der Waals surface area (Å²) < 4.78 is 46.0.